The number of carbonyl (C=O) groups excluding carboxylic acids is 1. The molecule has 1 saturated heterocycles. The van der Waals surface area contributed by atoms with Gasteiger partial charge in [0.2, 0.25) is 10.0 Å². The number of sulfonamides is 1. The quantitative estimate of drug-likeness (QED) is 0.645. The highest BCUT2D eigenvalue weighted by Crippen LogP contribution is 2.38. The fourth-order valence-corrected chi connectivity index (χ4v) is 5.31. The Morgan fingerprint density at radius 2 is 1.83 bits per heavy atom. The first kappa shape index (κ1) is 21.0. The van der Waals surface area contributed by atoms with Crippen molar-refractivity contribution in [3.63, 3.8) is 0 Å². The predicted molar refractivity (Wildman–Crippen MR) is 111 cm³/mol. The van der Waals surface area contributed by atoms with Crippen molar-refractivity contribution in [3.05, 3.63) is 52.5 Å². The molecular weight excluding hydrogens is 430 g/mol. The molecule has 2 aliphatic rings. The third-order valence-electron chi connectivity index (χ3n) is 5.00. The molecule has 0 atom stereocenters. The minimum Gasteiger partial charge on any atom is -0.489 e. The minimum atomic E-state index is -3.60. The van der Waals surface area contributed by atoms with Crippen LogP contribution < -0.4 is 9.47 Å². The lowest BCUT2D eigenvalue weighted by atomic mass is 10.2. The first-order valence-corrected chi connectivity index (χ1v) is 11.6. The maximum absolute atomic E-state index is 12.7. The molecular formula is C21H22ClNO6S. The second kappa shape index (κ2) is 8.83. The summed E-state index contributed by atoms with van der Waals surface area (Å²) in [5.74, 6) is 0.394. The molecule has 30 heavy (non-hydrogen) atoms. The number of halogens is 1. The van der Waals surface area contributed by atoms with E-state index in [-0.39, 0.29) is 17.1 Å². The van der Waals surface area contributed by atoms with Gasteiger partial charge in [-0.15, -0.1) is 0 Å². The lowest BCUT2D eigenvalue weighted by molar-refractivity contribution is 0.0472. The van der Waals surface area contributed by atoms with E-state index < -0.39 is 16.0 Å². The fourth-order valence-electron chi connectivity index (χ4n) is 3.46. The van der Waals surface area contributed by atoms with E-state index in [4.69, 9.17) is 25.8 Å². The Balaban J connectivity index is 1.47. The van der Waals surface area contributed by atoms with Gasteiger partial charge in [-0.2, -0.15) is 4.31 Å². The van der Waals surface area contributed by atoms with E-state index in [1.54, 1.807) is 18.2 Å². The van der Waals surface area contributed by atoms with Crippen LogP contribution in [0.2, 0.25) is 5.02 Å². The average Bonchev–Trinajstić information content (AvgIpc) is 3.19. The molecule has 2 aromatic carbocycles. The van der Waals surface area contributed by atoms with Gasteiger partial charge < -0.3 is 14.2 Å². The lowest BCUT2D eigenvalue weighted by Crippen LogP contribution is -2.28. The van der Waals surface area contributed by atoms with Gasteiger partial charge in [0.15, 0.2) is 11.5 Å². The van der Waals surface area contributed by atoms with Crippen LogP contribution in [0.4, 0.5) is 0 Å². The van der Waals surface area contributed by atoms with Crippen molar-refractivity contribution >= 4 is 27.6 Å². The molecule has 0 spiro atoms. The molecule has 1 fully saturated rings. The second-order valence-corrected chi connectivity index (χ2v) is 9.52. The molecule has 0 bridgehead atoms. The van der Waals surface area contributed by atoms with Crippen LogP contribution in [0.3, 0.4) is 0 Å². The fraction of sp³-hybridized carbons (Fsp3) is 0.381. The topological polar surface area (TPSA) is 82.1 Å². The van der Waals surface area contributed by atoms with Crippen molar-refractivity contribution in [3.8, 4) is 11.5 Å². The number of esters is 1. The van der Waals surface area contributed by atoms with E-state index in [2.05, 4.69) is 0 Å². The molecule has 4 rings (SSSR count). The average molecular weight is 452 g/mol. The zero-order chi connectivity index (χ0) is 21.1. The maximum Gasteiger partial charge on any atom is 0.338 e. The molecule has 160 valence electrons. The number of ether oxygens (including phenoxy) is 3. The molecule has 0 N–H and O–H groups in total. The van der Waals surface area contributed by atoms with Crippen molar-refractivity contribution in [2.45, 2.75) is 30.8 Å². The third-order valence-corrected chi connectivity index (χ3v) is 7.18. The van der Waals surface area contributed by atoms with Crippen molar-refractivity contribution in [1.29, 1.82) is 0 Å². The molecule has 0 amide bonds. The van der Waals surface area contributed by atoms with Gasteiger partial charge in [-0.25, -0.2) is 13.2 Å². The predicted octanol–water partition coefficient (Wildman–Crippen LogP) is 3.64. The first-order chi connectivity index (χ1) is 14.4. The van der Waals surface area contributed by atoms with Crippen LogP contribution >= 0.6 is 11.6 Å². The number of benzene rings is 2. The van der Waals surface area contributed by atoms with E-state index in [0.29, 0.717) is 48.4 Å². The lowest BCUT2D eigenvalue weighted by Gasteiger charge is -2.16. The van der Waals surface area contributed by atoms with Crippen LogP contribution in [0.5, 0.6) is 11.5 Å². The zero-order valence-electron chi connectivity index (χ0n) is 16.3. The Morgan fingerprint density at radius 1 is 1.07 bits per heavy atom. The van der Waals surface area contributed by atoms with Crippen LogP contribution in [0.15, 0.2) is 41.3 Å². The molecule has 9 heteroatoms. The van der Waals surface area contributed by atoms with Crippen LogP contribution in [0.1, 0.15) is 35.2 Å². The Hall–Kier alpha value is -2.29. The van der Waals surface area contributed by atoms with Gasteiger partial charge in [-0.05, 0) is 48.7 Å². The molecule has 0 unspecified atom stereocenters. The summed E-state index contributed by atoms with van der Waals surface area (Å²) in [6, 6.07) is 9.33. The van der Waals surface area contributed by atoms with E-state index in [1.165, 1.54) is 22.5 Å². The smallest absolute Gasteiger partial charge is 0.338 e. The first-order valence-electron chi connectivity index (χ1n) is 9.80. The van der Waals surface area contributed by atoms with Crippen LogP contribution in [-0.4, -0.2) is 45.0 Å². The highest BCUT2D eigenvalue weighted by molar-refractivity contribution is 7.89. The highest BCUT2D eigenvalue weighted by Gasteiger charge is 2.27. The summed E-state index contributed by atoms with van der Waals surface area (Å²) in [5.41, 5.74) is 0.828. The summed E-state index contributed by atoms with van der Waals surface area (Å²) in [6.45, 7) is 2.02. The number of nitrogens with zero attached hydrogens (tertiary/aromatic N) is 1. The summed E-state index contributed by atoms with van der Waals surface area (Å²) in [6.07, 6.45) is 2.45. The molecule has 0 radical (unpaired) electrons. The normalized spacial score (nSPS) is 16.8. The highest BCUT2D eigenvalue weighted by atomic mass is 35.5. The number of hydrogen-bond donors (Lipinski definition) is 0. The summed E-state index contributed by atoms with van der Waals surface area (Å²) in [5, 5.41) is 0.388. The van der Waals surface area contributed by atoms with Gasteiger partial charge in [0.05, 0.1) is 28.7 Å². The van der Waals surface area contributed by atoms with Gasteiger partial charge >= 0.3 is 5.97 Å². The van der Waals surface area contributed by atoms with Crippen molar-refractivity contribution in [2.24, 2.45) is 0 Å². The summed E-state index contributed by atoms with van der Waals surface area (Å²) in [7, 11) is -3.60. The second-order valence-electron chi connectivity index (χ2n) is 7.17. The Morgan fingerprint density at radius 3 is 2.63 bits per heavy atom. The molecule has 2 aromatic rings. The van der Waals surface area contributed by atoms with Crippen molar-refractivity contribution < 1.29 is 27.4 Å². The van der Waals surface area contributed by atoms with E-state index in [9.17, 15) is 13.2 Å². The van der Waals surface area contributed by atoms with Gasteiger partial charge in [-0.3, -0.25) is 0 Å². The third kappa shape index (κ3) is 4.40. The SMILES string of the molecule is O=C(OCc1cc(Cl)c2c(c1)OCCCO2)c1cccc(S(=O)(=O)N2CCCC2)c1. The van der Waals surface area contributed by atoms with Crippen molar-refractivity contribution in [1.82, 2.24) is 4.31 Å². The Kier molecular flexibility index (Phi) is 6.17. The molecule has 2 heterocycles. The molecule has 0 aromatic heterocycles. The number of hydrogen-bond acceptors (Lipinski definition) is 6. The van der Waals surface area contributed by atoms with E-state index >= 15 is 0 Å². The largest absolute Gasteiger partial charge is 0.489 e. The standard InChI is InChI=1S/C21H22ClNO6S/c22-18-11-15(12-19-20(18)28-10-4-9-27-19)14-29-21(24)16-5-3-6-17(13-16)30(25,26)23-7-1-2-8-23/h3,5-6,11-13H,1-2,4,7-10,14H2. The van der Waals surface area contributed by atoms with Gasteiger partial charge in [-0.1, -0.05) is 17.7 Å². The van der Waals surface area contributed by atoms with Crippen LogP contribution in [-0.2, 0) is 21.4 Å². The monoisotopic (exact) mass is 451 g/mol. The number of rotatable bonds is 5. The maximum atomic E-state index is 12.7. The zero-order valence-corrected chi connectivity index (χ0v) is 17.9. The van der Waals surface area contributed by atoms with Gasteiger partial charge in [0, 0.05) is 19.5 Å². The van der Waals surface area contributed by atoms with Gasteiger partial charge in [0.1, 0.15) is 6.61 Å². The molecule has 0 aliphatic carbocycles. The van der Waals surface area contributed by atoms with Crippen LogP contribution in [0, 0.1) is 0 Å². The Bertz CT molecular complexity index is 1050. The number of carbonyl (C=O) groups is 1. The van der Waals surface area contributed by atoms with Gasteiger partial charge in [0.25, 0.3) is 0 Å². The summed E-state index contributed by atoms with van der Waals surface area (Å²) in [4.78, 5) is 12.6. The van der Waals surface area contributed by atoms with Crippen molar-refractivity contribution in [2.75, 3.05) is 26.3 Å². The Labute approximate surface area is 180 Å². The van der Waals surface area contributed by atoms with E-state index in [1.807, 2.05) is 0 Å². The molecule has 0 saturated carbocycles. The number of fused-ring (bicyclic) bond motifs is 1. The van der Waals surface area contributed by atoms with E-state index in [0.717, 1.165) is 19.3 Å². The summed E-state index contributed by atoms with van der Waals surface area (Å²) >= 11 is 6.27. The van der Waals surface area contributed by atoms with Crippen LogP contribution in [0.25, 0.3) is 0 Å². The minimum absolute atomic E-state index is 0.0295. The molecule has 2 aliphatic heterocycles. The molecule has 7 nitrogen and oxygen atoms in total. The summed E-state index contributed by atoms with van der Waals surface area (Å²) < 4.78 is 43.5.